The van der Waals surface area contributed by atoms with Crippen LogP contribution in [0.3, 0.4) is 0 Å². The monoisotopic (exact) mass is 210 g/mol. The molecule has 0 aromatic carbocycles. The van der Waals surface area contributed by atoms with E-state index in [-0.39, 0.29) is 0 Å². The van der Waals surface area contributed by atoms with Crippen LogP contribution < -0.4 is 0 Å². The lowest BCUT2D eigenvalue weighted by Crippen LogP contribution is -2.49. The Balaban J connectivity index is 1.69. The van der Waals surface area contributed by atoms with Gasteiger partial charge in [0.1, 0.15) is 0 Å². The number of hydrogen-bond donors (Lipinski definition) is 0. The highest BCUT2D eigenvalue weighted by Gasteiger charge is 2.31. The third-order valence-corrected chi connectivity index (χ3v) is 3.47. The van der Waals surface area contributed by atoms with Crippen molar-refractivity contribution in [3.8, 4) is 0 Å². The summed E-state index contributed by atoms with van der Waals surface area (Å²) in [5, 5.41) is 0. The lowest BCUT2D eigenvalue weighted by atomic mass is 10.2. The van der Waals surface area contributed by atoms with Crippen molar-refractivity contribution >= 4 is 5.91 Å². The van der Waals surface area contributed by atoms with E-state index in [1.807, 2.05) is 0 Å². The fraction of sp³-hybridized carbons (Fsp3) is 0.917. The van der Waals surface area contributed by atoms with Gasteiger partial charge in [-0.3, -0.25) is 9.69 Å². The maximum absolute atomic E-state index is 11.8. The van der Waals surface area contributed by atoms with Gasteiger partial charge in [-0.2, -0.15) is 0 Å². The molecule has 0 aromatic rings. The molecule has 1 saturated carbocycles. The fourth-order valence-corrected chi connectivity index (χ4v) is 2.26. The summed E-state index contributed by atoms with van der Waals surface area (Å²) in [5.41, 5.74) is 0. The maximum Gasteiger partial charge on any atom is 0.222 e. The second-order valence-corrected chi connectivity index (χ2v) is 4.75. The Hall–Kier alpha value is -0.570. The molecule has 1 heterocycles. The summed E-state index contributed by atoms with van der Waals surface area (Å²) in [6.45, 7) is 6.25. The average molecular weight is 210 g/mol. The van der Waals surface area contributed by atoms with Crippen LogP contribution in [0.25, 0.3) is 0 Å². The Morgan fingerprint density at radius 3 is 2.40 bits per heavy atom. The zero-order valence-electron chi connectivity index (χ0n) is 9.74. The molecule has 3 heteroatoms. The number of carbonyl (C=O) groups is 1. The molecule has 0 atom stereocenters. The minimum absolute atomic E-state index is 0.368. The second-order valence-electron chi connectivity index (χ2n) is 4.75. The number of hydrogen-bond acceptors (Lipinski definition) is 2. The highest BCUT2D eigenvalue weighted by Crippen LogP contribution is 2.27. The van der Waals surface area contributed by atoms with E-state index in [1.165, 1.54) is 12.8 Å². The molecule has 0 radical (unpaired) electrons. The molecule has 2 aliphatic rings. The lowest BCUT2D eigenvalue weighted by molar-refractivity contribution is -0.133. The lowest BCUT2D eigenvalue weighted by Gasteiger charge is -2.34. The van der Waals surface area contributed by atoms with Gasteiger partial charge in [0.15, 0.2) is 0 Å². The summed E-state index contributed by atoms with van der Waals surface area (Å²) in [7, 11) is 0. The van der Waals surface area contributed by atoms with Crippen LogP contribution in [0.15, 0.2) is 0 Å². The minimum atomic E-state index is 0.368. The van der Waals surface area contributed by atoms with Crippen molar-refractivity contribution in [1.29, 1.82) is 0 Å². The highest BCUT2D eigenvalue weighted by atomic mass is 16.2. The molecule has 2 fully saturated rings. The van der Waals surface area contributed by atoms with Gasteiger partial charge in [0, 0.05) is 38.6 Å². The molecule has 0 N–H and O–H groups in total. The Morgan fingerprint density at radius 1 is 1.20 bits per heavy atom. The van der Waals surface area contributed by atoms with Crippen LogP contribution in [0.4, 0.5) is 0 Å². The summed E-state index contributed by atoms with van der Waals surface area (Å²) in [4.78, 5) is 16.4. The zero-order chi connectivity index (χ0) is 10.7. The molecule has 1 amide bonds. The van der Waals surface area contributed by atoms with Crippen LogP contribution in [0.1, 0.15) is 39.0 Å². The van der Waals surface area contributed by atoms with Gasteiger partial charge in [-0.25, -0.2) is 0 Å². The summed E-state index contributed by atoms with van der Waals surface area (Å²) in [6, 6.07) is 0.859. The van der Waals surface area contributed by atoms with Gasteiger partial charge in [0.25, 0.3) is 0 Å². The number of amides is 1. The van der Waals surface area contributed by atoms with E-state index in [2.05, 4.69) is 16.7 Å². The molecule has 86 valence electrons. The molecule has 1 aliphatic carbocycles. The van der Waals surface area contributed by atoms with Crippen LogP contribution in [0.5, 0.6) is 0 Å². The summed E-state index contributed by atoms with van der Waals surface area (Å²) >= 11 is 0. The normalized spacial score (nSPS) is 23.1. The van der Waals surface area contributed by atoms with Gasteiger partial charge in [-0.05, 0) is 19.3 Å². The molecule has 0 bridgehead atoms. The quantitative estimate of drug-likeness (QED) is 0.702. The van der Waals surface area contributed by atoms with E-state index in [4.69, 9.17) is 0 Å². The Bertz CT molecular complexity index is 218. The van der Waals surface area contributed by atoms with Crippen molar-refractivity contribution in [3.05, 3.63) is 0 Å². The zero-order valence-corrected chi connectivity index (χ0v) is 9.74. The Kier molecular flexibility index (Phi) is 3.62. The van der Waals surface area contributed by atoms with Gasteiger partial charge in [-0.15, -0.1) is 0 Å². The van der Waals surface area contributed by atoms with E-state index in [0.29, 0.717) is 5.91 Å². The average Bonchev–Trinajstić information content (AvgIpc) is 3.10. The van der Waals surface area contributed by atoms with Crippen molar-refractivity contribution in [2.45, 2.75) is 45.1 Å². The van der Waals surface area contributed by atoms with E-state index in [0.717, 1.165) is 51.5 Å². The summed E-state index contributed by atoms with van der Waals surface area (Å²) in [6.07, 6.45) is 5.67. The first-order valence-electron chi connectivity index (χ1n) is 6.33. The van der Waals surface area contributed by atoms with Gasteiger partial charge >= 0.3 is 0 Å². The fourth-order valence-electron chi connectivity index (χ4n) is 2.26. The third kappa shape index (κ3) is 2.94. The van der Waals surface area contributed by atoms with E-state index in [1.54, 1.807) is 0 Å². The van der Waals surface area contributed by atoms with Crippen molar-refractivity contribution in [1.82, 2.24) is 9.80 Å². The molecule has 1 saturated heterocycles. The van der Waals surface area contributed by atoms with Gasteiger partial charge in [0.2, 0.25) is 5.91 Å². The summed E-state index contributed by atoms with van der Waals surface area (Å²) in [5.74, 6) is 0.368. The first kappa shape index (κ1) is 10.9. The molecule has 0 spiro atoms. The smallest absolute Gasteiger partial charge is 0.222 e. The first-order valence-corrected chi connectivity index (χ1v) is 6.33. The topological polar surface area (TPSA) is 23.6 Å². The number of rotatable bonds is 4. The number of nitrogens with zero attached hydrogens (tertiary/aromatic N) is 2. The van der Waals surface area contributed by atoms with Crippen molar-refractivity contribution in [3.63, 3.8) is 0 Å². The van der Waals surface area contributed by atoms with E-state index < -0.39 is 0 Å². The maximum atomic E-state index is 11.8. The third-order valence-electron chi connectivity index (χ3n) is 3.47. The molecule has 2 rings (SSSR count). The Morgan fingerprint density at radius 2 is 1.87 bits per heavy atom. The molecule has 3 nitrogen and oxygen atoms in total. The molecule has 1 aliphatic heterocycles. The Labute approximate surface area is 92.4 Å². The van der Waals surface area contributed by atoms with Crippen LogP contribution in [-0.2, 0) is 4.79 Å². The SMILES string of the molecule is CCCCC(=O)N1CCN(C2CC2)CC1. The van der Waals surface area contributed by atoms with Crippen molar-refractivity contribution in [2.24, 2.45) is 0 Å². The van der Waals surface area contributed by atoms with Crippen LogP contribution in [-0.4, -0.2) is 47.9 Å². The van der Waals surface area contributed by atoms with Crippen molar-refractivity contribution in [2.75, 3.05) is 26.2 Å². The molecule has 0 unspecified atom stereocenters. The van der Waals surface area contributed by atoms with Gasteiger partial charge in [0.05, 0.1) is 0 Å². The number of piperazine rings is 1. The van der Waals surface area contributed by atoms with Gasteiger partial charge in [-0.1, -0.05) is 13.3 Å². The highest BCUT2D eigenvalue weighted by molar-refractivity contribution is 5.76. The first-order chi connectivity index (χ1) is 7.31. The number of unbranched alkanes of at least 4 members (excludes halogenated alkanes) is 1. The van der Waals surface area contributed by atoms with Gasteiger partial charge < -0.3 is 4.90 Å². The predicted octanol–water partition coefficient (Wildman–Crippen LogP) is 1.48. The van der Waals surface area contributed by atoms with Crippen LogP contribution >= 0.6 is 0 Å². The predicted molar refractivity (Wildman–Crippen MR) is 60.7 cm³/mol. The molecule has 15 heavy (non-hydrogen) atoms. The number of carbonyl (C=O) groups excluding carboxylic acids is 1. The minimum Gasteiger partial charge on any atom is -0.340 e. The standard InChI is InChI=1S/C12H22N2O/c1-2-3-4-12(15)14-9-7-13(8-10-14)11-5-6-11/h11H,2-10H2,1H3. The van der Waals surface area contributed by atoms with E-state index >= 15 is 0 Å². The van der Waals surface area contributed by atoms with E-state index in [9.17, 15) is 4.79 Å². The summed E-state index contributed by atoms with van der Waals surface area (Å²) < 4.78 is 0. The van der Waals surface area contributed by atoms with Crippen LogP contribution in [0.2, 0.25) is 0 Å². The van der Waals surface area contributed by atoms with Crippen molar-refractivity contribution < 1.29 is 4.79 Å². The largest absolute Gasteiger partial charge is 0.340 e. The molecule has 0 aromatic heterocycles. The van der Waals surface area contributed by atoms with Crippen LogP contribution in [0, 0.1) is 0 Å². The molecular weight excluding hydrogens is 188 g/mol. The second kappa shape index (κ2) is 4.97. The molecular formula is C12H22N2O.